The Balaban J connectivity index is 1.77. The summed E-state index contributed by atoms with van der Waals surface area (Å²) in [5.74, 6) is 1.05. The van der Waals surface area contributed by atoms with E-state index in [1.807, 2.05) is 38.1 Å². The van der Waals surface area contributed by atoms with Crippen molar-refractivity contribution >= 4 is 17.4 Å². The number of nitrogens with zero attached hydrogens (tertiary/aromatic N) is 2. The normalized spacial score (nSPS) is 18.1. The third-order valence-electron chi connectivity index (χ3n) is 6.90. The van der Waals surface area contributed by atoms with Gasteiger partial charge in [0.2, 0.25) is 0 Å². The van der Waals surface area contributed by atoms with Crippen LogP contribution in [0.15, 0.2) is 42.0 Å². The lowest BCUT2D eigenvalue weighted by Gasteiger charge is -2.27. The van der Waals surface area contributed by atoms with Crippen molar-refractivity contribution in [1.82, 2.24) is 9.80 Å². The van der Waals surface area contributed by atoms with E-state index in [0.717, 1.165) is 13.0 Å². The number of hydrogen-bond donors (Lipinski definition) is 1. The molecule has 1 N–H and O–H groups in total. The predicted octanol–water partition coefficient (Wildman–Crippen LogP) is 4.65. The summed E-state index contributed by atoms with van der Waals surface area (Å²) in [5, 5.41) is 11.5. The van der Waals surface area contributed by atoms with Crippen molar-refractivity contribution in [2.45, 2.75) is 39.7 Å². The lowest BCUT2D eigenvalue weighted by Crippen LogP contribution is -2.32. The minimum absolute atomic E-state index is 0.0301. The summed E-state index contributed by atoms with van der Waals surface area (Å²) in [6.07, 6.45) is 1.56. The lowest BCUT2D eigenvalue weighted by molar-refractivity contribution is -0.139. The zero-order valence-electron chi connectivity index (χ0n) is 24.1. The largest absolute Gasteiger partial charge is 0.507 e. The Kier molecular flexibility index (Phi) is 9.58. The summed E-state index contributed by atoms with van der Waals surface area (Å²) in [4.78, 5) is 30.4. The van der Waals surface area contributed by atoms with E-state index < -0.39 is 17.7 Å². The van der Waals surface area contributed by atoms with Gasteiger partial charge in [-0.1, -0.05) is 19.9 Å². The summed E-state index contributed by atoms with van der Waals surface area (Å²) in [6.45, 7) is 9.05. The molecule has 2 aromatic rings. The van der Waals surface area contributed by atoms with Gasteiger partial charge >= 0.3 is 0 Å². The number of aliphatic hydroxyl groups is 1. The van der Waals surface area contributed by atoms with E-state index in [9.17, 15) is 14.7 Å². The van der Waals surface area contributed by atoms with Crippen LogP contribution in [0.5, 0.6) is 23.0 Å². The van der Waals surface area contributed by atoms with Gasteiger partial charge in [-0.25, -0.2) is 0 Å². The van der Waals surface area contributed by atoms with Crippen molar-refractivity contribution in [1.29, 1.82) is 0 Å². The first-order chi connectivity index (χ1) is 19.2. The average Bonchev–Trinajstić information content (AvgIpc) is 3.18. The van der Waals surface area contributed by atoms with Crippen LogP contribution in [-0.2, 0) is 9.59 Å². The molecule has 0 bridgehead atoms. The molecule has 2 heterocycles. The molecule has 1 saturated heterocycles. The van der Waals surface area contributed by atoms with Gasteiger partial charge in [-0.05, 0) is 82.2 Å². The van der Waals surface area contributed by atoms with E-state index >= 15 is 0 Å². The van der Waals surface area contributed by atoms with Crippen LogP contribution in [-0.4, -0.2) is 80.2 Å². The topological polar surface area (TPSA) is 97.8 Å². The van der Waals surface area contributed by atoms with Crippen molar-refractivity contribution in [2.75, 3.05) is 53.6 Å². The molecule has 216 valence electrons. The van der Waals surface area contributed by atoms with Crippen LogP contribution in [0.1, 0.15) is 50.8 Å². The highest BCUT2D eigenvalue weighted by molar-refractivity contribution is 6.46. The van der Waals surface area contributed by atoms with Gasteiger partial charge in [0.25, 0.3) is 11.7 Å². The highest BCUT2D eigenvalue weighted by Crippen LogP contribution is 2.43. The summed E-state index contributed by atoms with van der Waals surface area (Å²) in [6, 6.07) is 9.65. The van der Waals surface area contributed by atoms with E-state index in [-0.39, 0.29) is 11.3 Å². The number of likely N-dealkylation sites (tertiary alicyclic amines) is 1. The van der Waals surface area contributed by atoms with Gasteiger partial charge < -0.3 is 33.9 Å². The fourth-order valence-corrected chi connectivity index (χ4v) is 4.85. The Hall–Kier alpha value is -3.72. The third-order valence-corrected chi connectivity index (χ3v) is 6.90. The van der Waals surface area contributed by atoms with E-state index in [1.165, 1.54) is 0 Å². The van der Waals surface area contributed by atoms with Crippen molar-refractivity contribution in [3.63, 3.8) is 0 Å². The molecule has 9 nitrogen and oxygen atoms in total. The molecule has 0 radical (unpaired) electrons. The average molecular weight is 553 g/mol. The second-order valence-corrected chi connectivity index (χ2v) is 10.7. The van der Waals surface area contributed by atoms with E-state index in [1.54, 1.807) is 29.2 Å². The van der Waals surface area contributed by atoms with E-state index in [0.29, 0.717) is 79.4 Å². The van der Waals surface area contributed by atoms with E-state index in [4.69, 9.17) is 18.9 Å². The third kappa shape index (κ3) is 6.53. The first-order valence-corrected chi connectivity index (χ1v) is 13.9. The van der Waals surface area contributed by atoms with Gasteiger partial charge in [-0.2, -0.15) is 0 Å². The van der Waals surface area contributed by atoms with Crippen LogP contribution in [0.25, 0.3) is 5.76 Å². The Morgan fingerprint density at radius 2 is 1.80 bits per heavy atom. The molecule has 0 spiro atoms. The van der Waals surface area contributed by atoms with Crippen LogP contribution in [0.2, 0.25) is 0 Å². The molecule has 4 rings (SSSR count). The van der Waals surface area contributed by atoms with Crippen molar-refractivity contribution in [3.05, 3.63) is 53.1 Å². The number of amides is 1. The van der Waals surface area contributed by atoms with Crippen LogP contribution in [0, 0.1) is 5.92 Å². The smallest absolute Gasteiger partial charge is 0.295 e. The fraction of sp³-hybridized carbons (Fsp3) is 0.484. The number of carbonyl (C=O) groups is 2. The second kappa shape index (κ2) is 13.1. The second-order valence-electron chi connectivity index (χ2n) is 10.7. The lowest BCUT2D eigenvalue weighted by atomic mass is 9.94. The number of benzene rings is 2. The number of ether oxygens (including phenoxy) is 4. The molecule has 2 aromatic carbocycles. The van der Waals surface area contributed by atoms with Crippen molar-refractivity contribution in [3.8, 4) is 23.0 Å². The molecule has 9 heteroatoms. The molecule has 1 fully saturated rings. The maximum atomic E-state index is 13.5. The van der Waals surface area contributed by atoms with Crippen molar-refractivity contribution < 1.29 is 33.6 Å². The number of rotatable bonds is 12. The molecule has 0 aliphatic carbocycles. The molecule has 40 heavy (non-hydrogen) atoms. The molecule has 2 aliphatic rings. The van der Waals surface area contributed by atoms with Crippen LogP contribution < -0.4 is 18.9 Å². The Labute approximate surface area is 236 Å². The maximum Gasteiger partial charge on any atom is 0.295 e. The monoisotopic (exact) mass is 552 g/mol. The van der Waals surface area contributed by atoms with Gasteiger partial charge in [0.15, 0.2) is 23.0 Å². The zero-order chi connectivity index (χ0) is 28.8. The number of ketones is 1. The number of carbonyl (C=O) groups excluding carboxylic acids is 2. The Bertz CT molecular complexity index is 1250. The van der Waals surface area contributed by atoms with E-state index in [2.05, 4.69) is 13.8 Å². The fourth-order valence-electron chi connectivity index (χ4n) is 4.85. The summed E-state index contributed by atoms with van der Waals surface area (Å²) < 4.78 is 23.2. The number of aliphatic hydroxyl groups excluding tert-OH is 1. The molecule has 0 saturated carbocycles. The van der Waals surface area contributed by atoms with Crippen molar-refractivity contribution in [2.24, 2.45) is 5.92 Å². The first kappa shape index (κ1) is 29.3. The standard InChI is InChI=1S/C31H40N2O7/c1-6-37-25-18-21(8-10-23(25)38-15-12-20(2)3)28-27(30(35)31(36)33(28)14-7-13-32(4)5)29(34)22-9-11-24-26(19-22)40-17-16-39-24/h8-11,18-20,28,34H,6-7,12-17H2,1-5H3/b29-27-. The number of Topliss-reactive ketones (excluding diaryl/α,β-unsaturated/α-hetero) is 1. The van der Waals surface area contributed by atoms with Gasteiger partial charge in [-0.15, -0.1) is 0 Å². The van der Waals surface area contributed by atoms with Crippen LogP contribution in [0.4, 0.5) is 0 Å². The molecular formula is C31H40N2O7. The first-order valence-electron chi connectivity index (χ1n) is 13.9. The quantitative estimate of drug-likeness (QED) is 0.231. The number of hydrogen-bond acceptors (Lipinski definition) is 8. The van der Waals surface area contributed by atoms with Crippen LogP contribution >= 0.6 is 0 Å². The van der Waals surface area contributed by atoms with Gasteiger partial charge in [-0.3, -0.25) is 9.59 Å². The maximum absolute atomic E-state index is 13.5. The van der Waals surface area contributed by atoms with Crippen LogP contribution in [0.3, 0.4) is 0 Å². The molecule has 1 amide bonds. The molecule has 1 atom stereocenters. The Morgan fingerprint density at radius 3 is 2.50 bits per heavy atom. The molecule has 2 aliphatic heterocycles. The zero-order valence-corrected chi connectivity index (χ0v) is 24.1. The highest BCUT2D eigenvalue weighted by Gasteiger charge is 2.46. The highest BCUT2D eigenvalue weighted by atomic mass is 16.6. The SMILES string of the molecule is CCOc1cc(C2/C(=C(/O)c3ccc4c(c3)OCCO4)C(=O)C(=O)N2CCCN(C)C)ccc1OCCC(C)C. The summed E-state index contributed by atoms with van der Waals surface area (Å²) in [7, 11) is 3.92. The van der Waals surface area contributed by atoms with Gasteiger partial charge in [0.05, 0.1) is 24.8 Å². The minimum atomic E-state index is -0.792. The molecule has 1 unspecified atom stereocenters. The predicted molar refractivity (Wildman–Crippen MR) is 152 cm³/mol. The summed E-state index contributed by atoms with van der Waals surface area (Å²) >= 11 is 0. The minimum Gasteiger partial charge on any atom is -0.507 e. The summed E-state index contributed by atoms with van der Waals surface area (Å²) in [5.41, 5.74) is 1.06. The molecular weight excluding hydrogens is 512 g/mol. The Morgan fingerprint density at radius 1 is 1.05 bits per heavy atom. The van der Waals surface area contributed by atoms with Gasteiger partial charge in [0.1, 0.15) is 19.0 Å². The number of fused-ring (bicyclic) bond motifs is 1. The molecule has 0 aromatic heterocycles. The van der Waals surface area contributed by atoms with Gasteiger partial charge in [0, 0.05) is 12.1 Å².